The molecule has 4 saturated carbocycles. The number of aliphatic hydroxyl groups is 2. The van der Waals surface area contributed by atoms with Crippen molar-refractivity contribution in [3.05, 3.63) is 41.0 Å². The van der Waals surface area contributed by atoms with Crippen LogP contribution in [0.1, 0.15) is 175 Å². The highest BCUT2D eigenvalue weighted by Gasteiger charge is 2.67. The molecule has 1 aromatic rings. The molecule has 9 atom stereocenters. The van der Waals surface area contributed by atoms with E-state index < -0.39 is 5.41 Å². The third-order valence-electron chi connectivity index (χ3n) is 17.3. The topological polar surface area (TPSA) is 171 Å². The van der Waals surface area contributed by atoms with E-state index in [0.717, 1.165) is 96.3 Å². The molecule has 4 fully saturated rings. The van der Waals surface area contributed by atoms with Crippen LogP contribution in [0, 0.1) is 50.7 Å². The lowest BCUT2D eigenvalue weighted by Gasteiger charge is -2.67. The molecule has 0 heterocycles. The fourth-order valence-electron chi connectivity index (χ4n) is 13.8. The third-order valence-corrected chi connectivity index (χ3v) is 17.3. The van der Waals surface area contributed by atoms with Gasteiger partial charge in [0.25, 0.3) is 0 Å². The van der Waals surface area contributed by atoms with Crippen LogP contribution in [0.3, 0.4) is 0 Å². The zero-order valence-electron chi connectivity index (χ0n) is 39.6. The summed E-state index contributed by atoms with van der Waals surface area (Å²) in [7, 11) is 0. The lowest BCUT2D eigenvalue weighted by Crippen LogP contribution is -2.64. The van der Waals surface area contributed by atoms with Crippen LogP contribution in [0.5, 0.6) is 0 Å². The van der Waals surface area contributed by atoms with Crippen LogP contribution in [0.4, 0.5) is 5.69 Å². The van der Waals surface area contributed by atoms with Crippen molar-refractivity contribution in [1.29, 1.82) is 0 Å². The minimum absolute atomic E-state index is 0.0325. The lowest BCUT2D eigenvalue weighted by molar-refractivity contribution is -0.200. The first kappa shape index (κ1) is 48.9. The summed E-state index contributed by atoms with van der Waals surface area (Å²) >= 11 is 0. The zero-order valence-corrected chi connectivity index (χ0v) is 39.6. The van der Waals surface area contributed by atoms with Crippen molar-refractivity contribution in [3.8, 4) is 0 Å². The second-order valence-corrected chi connectivity index (χ2v) is 22.1. The molecule has 0 bridgehead atoms. The van der Waals surface area contributed by atoms with Crippen molar-refractivity contribution < 1.29 is 38.9 Å². The van der Waals surface area contributed by atoms with E-state index in [1.54, 1.807) is 18.2 Å². The van der Waals surface area contributed by atoms with E-state index in [-0.39, 0.29) is 82.3 Å². The molecule has 0 spiro atoms. The number of carbonyl (C=O) groups excluding carboxylic acids is 5. The molecular formula is C52H79N3O8. The van der Waals surface area contributed by atoms with Crippen LogP contribution >= 0.6 is 0 Å². The fraction of sp³-hybridized carbons (Fsp3) is 0.750. The first-order valence-electron chi connectivity index (χ1n) is 24.4. The molecule has 0 saturated heterocycles. The molecule has 6 rings (SSSR count). The summed E-state index contributed by atoms with van der Waals surface area (Å²) in [6.45, 7) is 16.0. The number of unbranched alkanes of at least 4 members (excludes halogenated alkanes) is 5. The van der Waals surface area contributed by atoms with Gasteiger partial charge in [-0.2, -0.15) is 0 Å². The summed E-state index contributed by atoms with van der Waals surface area (Å²) in [6, 6.07) is 5.13. The Hall–Kier alpha value is -3.57. The average molecular weight is 874 g/mol. The number of benzene rings is 1. The van der Waals surface area contributed by atoms with Crippen LogP contribution in [0.25, 0.3) is 0 Å². The minimum Gasteiger partial charge on any atom is -0.462 e. The number of anilines is 1. The Kier molecular flexibility index (Phi) is 15.4. The van der Waals surface area contributed by atoms with Crippen molar-refractivity contribution in [1.82, 2.24) is 10.6 Å². The van der Waals surface area contributed by atoms with Crippen molar-refractivity contribution in [2.75, 3.05) is 18.4 Å². The van der Waals surface area contributed by atoms with Gasteiger partial charge in [-0.25, -0.2) is 0 Å². The molecule has 1 unspecified atom stereocenters. The average Bonchev–Trinajstić information content (AvgIpc) is 3.22. The Morgan fingerprint density at radius 1 is 0.698 bits per heavy atom. The monoisotopic (exact) mass is 874 g/mol. The number of ketones is 1. The van der Waals surface area contributed by atoms with Crippen LogP contribution in [0.2, 0.25) is 0 Å². The van der Waals surface area contributed by atoms with Gasteiger partial charge in [0.2, 0.25) is 17.7 Å². The van der Waals surface area contributed by atoms with Crippen molar-refractivity contribution in [3.63, 3.8) is 0 Å². The maximum absolute atomic E-state index is 14.7. The van der Waals surface area contributed by atoms with E-state index in [4.69, 9.17) is 4.74 Å². The maximum atomic E-state index is 14.7. The van der Waals surface area contributed by atoms with E-state index in [0.29, 0.717) is 61.0 Å². The van der Waals surface area contributed by atoms with Crippen LogP contribution < -0.4 is 16.0 Å². The highest BCUT2D eigenvalue weighted by molar-refractivity contribution is 5.95. The second-order valence-electron chi connectivity index (χ2n) is 22.1. The Balaban J connectivity index is 0.908. The van der Waals surface area contributed by atoms with Crippen molar-refractivity contribution in [2.24, 2.45) is 50.7 Å². The molecule has 1 aromatic carbocycles. The van der Waals surface area contributed by atoms with Gasteiger partial charge in [-0.1, -0.05) is 78.9 Å². The van der Waals surface area contributed by atoms with Gasteiger partial charge < -0.3 is 30.9 Å². The van der Waals surface area contributed by atoms with Gasteiger partial charge >= 0.3 is 5.97 Å². The largest absolute Gasteiger partial charge is 0.462 e. The number of rotatable bonds is 18. The first-order valence-corrected chi connectivity index (χ1v) is 24.4. The minimum atomic E-state index is -0.523. The number of amides is 3. The van der Waals surface area contributed by atoms with Crippen LogP contribution in [-0.4, -0.2) is 58.9 Å². The van der Waals surface area contributed by atoms with Gasteiger partial charge in [0.15, 0.2) is 5.78 Å². The Morgan fingerprint density at radius 3 is 1.97 bits per heavy atom. The summed E-state index contributed by atoms with van der Waals surface area (Å²) in [5.74, 6) is 0.827. The van der Waals surface area contributed by atoms with Gasteiger partial charge in [0.05, 0.1) is 13.2 Å². The van der Waals surface area contributed by atoms with E-state index >= 15 is 0 Å². The highest BCUT2D eigenvalue weighted by atomic mass is 16.5. The zero-order chi connectivity index (χ0) is 45.8. The number of aliphatic hydroxyl groups excluding tert-OH is 2. The van der Waals surface area contributed by atoms with Crippen LogP contribution in [-0.2, 0) is 41.9 Å². The summed E-state index contributed by atoms with van der Waals surface area (Å²) in [6.07, 6.45) is 17.4. The quantitative estimate of drug-likeness (QED) is 0.0720. The molecule has 5 N–H and O–H groups in total. The maximum Gasteiger partial charge on any atom is 0.302 e. The van der Waals surface area contributed by atoms with Crippen molar-refractivity contribution in [2.45, 2.75) is 183 Å². The summed E-state index contributed by atoms with van der Waals surface area (Å²) < 4.78 is 5.88. The second kappa shape index (κ2) is 19.9. The van der Waals surface area contributed by atoms with Gasteiger partial charge in [0, 0.05) is 55.3 Å². The number of hydrogen-bond donors (Lipinski definition) is 5. The molecule has 5 aliphatic rings. The smallest absolute Gasteiger partial charge is 0.302 e. The van der Waals surface area contributed by atoms with Crippen LogP contribution in [0.15, 0.2) is 29.8 Å². The highest BCUT2D eigenvalue weighted by Crippen LogP contribution is 2.71. The molecule has 0 aliphatic heterocycles. The first-order chi connectivity index (χ1) is 29.8. The molecule has 5 aliphatic carbocycles. The molecule has 3 amide bonds. The van der Waals surface area contributed by atoms with Gasteiger partial charge in [0.1, 0.15) is 6.10 Å². The van der Waals surface area contributed by atoms with E-state index in [1.165, 1.54) is 12.5 Å². The summed E-state index contributed by atoms with van der Waals surface area (Å²) in [5, 5.41) is 27.9. The number of ether oxygens (including phenoxy) is 1. The standard InChI is InChI=1S/C52H79N3O8/c1-34(58)63-43-19-22-52(7)42(48(43,2)3)18-21-51(6)39-17-20-49(4)23-24-50(5,31-40(49)38(39)30-41(59)46(51)52)47(62)54-26-14-25-53-44(60)15-12-10-8-9-11-13-16-45(61)55-37-28-35(32-56)27-36(29-37)33-57/h27-30,39-40,42-43,46,56-57H,8-26,31-33H2,1-7H3,(H,53,60)(H,54,62)(H,55,61)/t39?,40-,42-,43-,46-,49-,50-,51-,52-/m0/s1. The predicted molar refractivity (Wildman–Crippen MR) is 245 cm³/mol. The molecule has 63 heavy (non-hydrogen) atoms. The van der Waals surface area contributed by atoms with E-state index in [9.17, 15) is 34.2 Å². The van der Waals surface area contributed by atoms with E-state index in [1.807, 2.05) is 0 Å². The molecule has 11 heteroatoms. The van der Waals surface area contributed by atoms with Crippen molar-refractivity contribution >= 4 is 35.2 Å². The van der Waals surface area contributed by atoms with Gasteiger partial charge in [-0.3, -0.25) is 24.0 Å². The number of esters is 1. The predicted octanol–water partition coefficient (Wildman–Crippen LogP) is 8.88. The molecule has 0 aromatic heterocycles. The molecular weight excluding hydrogens is 795 g/mol. The normalized spacial score (nSPS) is 33.1. The van der Waals surface area contributed by atoms with Gasteiger partial charge in [-0.15, -0.1) is 0 Å². The Bertz CT molecular complexity index is 1870. The number of allylic oxidation sites excluding steroid dienone is 2. The summed E-state index contributed by atoms with van der Waals surface area (Å²) in [5.41, 5.74) is 2.22. The molecule has 350 valence electrons. The third kappa shape index (κ3) is 10.5. The van der Waals surface area contributed by atoms with Gasteiger partial charge in [-0.05, 0) is 140 Å². The SMILES string of the molecule is CC(=O)O[C@H]1CC[C@]2(C)[C@H]3C(=O)C=C4C(CC[C@@]5(C)CC[C@](C)(C(=O)NCCCNC(=O)CCCCCCCCC(=O)Nc6cc(CO)cc(CO)c6)C[C@@H]45)[C@]3(C)CC[C@H]2C1(C)C. The number of carbonyl (C=O) groups is 5. The van der Waals surface area contributed by atoms with E-state index in [2.05, 4.69) is 63.6 Å². The molecule has 0 radical (unpaired) electrons. The Labute approximate surface area is 377 Å². The summed E-state index contributed by atoms with van der Waals surface area (Å²) in [4.78, 5) is 65.6. The lowest BCUT2D eigenvalue weighted by atomic mass is 9.37. The number of hydrogen-bond acceptors (Lipinski definition) is 8. The number of nitrogens with one attached hydrogen (secondary N) is 3. The Morgan fingerprint density at radius 2 is 1.32 bits per heavy atom. The fourth-order valence-corrected chi connectivity index (χ4v) is 13.8. The molecule has 11 nitrogen and oxygen atoms in total. The number of fused-ring (bicyclic) bond motifs is 7.